The van der Waals surface area contributed by atoms with Crippen molar-refractivity contribution in [2.45, 2.75) is 61.4 Å². The van der Waals surface area contributed by atoms with E-state index in [2.05, 4.69) is 21.1 Å². The predicted molar refractivity (Wildman–Crippen MR) is 128 cm³/mol. The zero-order valence-electron chi connectivity index (χ0n) is 22.9. The molecule has 0 radical (unpaired) electrons. The highest BCUT2D eigenvalue weighted by Crippen LogP contribution is 2.35. The van der Waals surface area contributed by atoms with Gasteiger partial charge in [-0.1, -0.05) is 0 Å². The summed E-state index contributed by atoms with van der Waals surface area (Å²) in [5, 5.41) is 0. The maximum Gasteiger partial charge on any atom is 0.397 e. The van der Waals surface area contributed by atoms with Crippen molar-refractivity contribution in [1.82, 2.24) is 0 Å². The molecule has 0 amide bonds. The van der Waals surface area contributed by atoms with Crippen LogP contribution in [0.3, 0.4) is 0 Å². The van der Waals surface area contributed by atoms with Gasteiger partial charge in [-0.15, -0.1) is 4.33 Å². The molecular formula is C15H24O26S5-4. The molecule has 0 aromatic heterocycles. The lowest BCUT2D eigenvalue weighted by Gasteiger charge is -2.48. The molecule has 0 saturated carbocycles. The fourth-order valence-electron chi connectivity index (χ4n) is 4.16. The molecule has 2 heterocycles. The molecule has 46 heavy (non-hydrogen) atoms. The van der Waals surface area contributed by atoms with Crippen molar-refractivity contribution >= 4 is 53.0 Å². The maximum atomic E-state index is 11.6. The van der Waals surface area contributed by atoms with Gasteiger partial charge in [-0.3, -0.25) is 17.1 Å². The molecule has 0 aliphatic carbocycles. The molecule has 274 valence electrons. The standard InChI is InChI=1S/C15H28O26S5/c1-30-10-8(6(4-33-43(18,19)20)35-14(32-3)12(10)38-41-42(16)17)37-15-13(40-46(27,28)29)11(31-2)9(39-45(24,25)26)7(36-15)5-34-44(21,22)23/h6-15H,4-5H2,1-3H3,(H,16,17)(H,18,19,20)(H,21,22,23)(H,24,25,26)(H,27,28,29)/p-4/t6?,7?,8-,9-,10?,11?,12?,13?,14-,15-/m1/s1. The fraction of sp³-hybridized carbons (Fsp3) is 1.00. The number of methoxy groups -OCH3 is 3. The molecule has 31 heteroatoms. The van der Waals surface area contributed by atoms with Gasteiger partial charge in [-0.2, -0.15) is 8.42 Å². The Balaban J connectivity index is 2.67. The molecule has 7 unspecified atom stereocenters. The van der Waals surface area contributed by atoms with E-state index >= 15 is 0 Å². The van der Waals surface area contributed by atoms with Gasteiger partial charge in [-0.25, -0.2) is 38.5 Å². The third-order valence-electron chi connectivity index (χ3n) is 5.67. The SMILES string of the molecule is COC1C(OOS(=O)[O-])[C@H](OC)OC(COS(=O)(=O)[O-])[C@H]1O[C@H]1OC(COS(=O)(=O)[O-])[C@@H](OS(=O)(=O)O)C(OC)C1OS(=O)(=O)[O-]. The van der Waals surface area contributed by atoms with Crippen LogP contribution in [-0.2, 0) is 107 Å². The number of rotatable bonds is 18. The van der Waals surface area contributed by atoms with E-state index in [4.69, 9.17) is 33.3 Å². The number of ether oxygens (including phenoxy) is 6. The monoisotopic (exact) mass is 780 g/mol. The summed E-state index contributed by atoms with van der Waals surface area (Å²) >= 11 is -3.35. The zero-order chi connectivity index (χ0) is 35.3. The van der Waals surface area contributed by atoms with Crippen molar-refractivity contribution in [3.8, 4) is 0 Å². The smallest absolute Gasteiger partial charge is 0.397 e. The van der Waals surface area contributed by atoms with Gasteiger partial charge in [0.2, 0.25) is 31.2 Å². The van der Waals surface area contributed by atoms with Gasteiger partial charge in [0.05, 0.1) is 13.2 Å². The molecule has 0 bridgehead atoms. The van der Waals surface area contributed by atoms with Crippen molar-refractivity contribution in [3.05, 3.63) is 0 Å². The van der Waals surface area contributed by atoms with Crippen molar-refractivity contribution < 1.29 is 115 Å². The van der Waals surface area contributed by atoms with E-state index in [1.807, 2.05) is 0 Å². The summed E-state index contributed by atoms with van der Waals surface area (Å²) in [7, 11) is -19.8. The lowest BCUT2D eigenvalue weighted by molar-refractivity contribution is -0.391. The molecule has 2 saturated heterocycles. The summed E-state index contributed by atoms with van der Waals surface area (Å²) in [6, 6.07) is 0. The lowest BCUT2D eigenvalue weighted by Crippen LogP contribution is -2.66. The lowest BCUT2D eigenvalue weighted by atomic mass is 9.96. The Morgan fingerprint density at radius 1 is 0.652 bits per heavy atom. The van der Waals surface area contributed by atoms with Crippen LogP contribution >= 0.6 is 0 Å². The fourth-order valence-corrected chi connectivity index (χ4v) is 5.90. The Morgan fingerprint density at radius 2 is 1.13 bits per heavy atom. The zero-order valence-corrected chi connectivity index (χ0v) is 27.0. The van der Waals surface area contributed by atoms with Gasteiger partial charge in [0.1, 0.15) is 48.0 Å². The summed E-state index contributed by atoms with van der Waals surface area (Å²) in [6.45, 7) is -2.71. The van der Waals surface area contributed by atoms with E-state index < -0.39 is 128 Å². The first-order chi connectivity index (χ1) is 21.0. The van der Waals surface area contributed by atoms with E-state index in [0.29, 0.717) is 0 Å². The van der Waals surface area contributed by atoms with Crippen LogP contribution in [0.25, 0.3) is 0 Å². The van der Waals surface area contributed by atoms with Crippen LogP contribution in [0.2, 0.25) is 0 Å². The van der Waals surface area contributed by atoms with Crippen LogP contribution in [-0.4, -0.2) is 157 Å². The van der Waals surface area contributed by atoms with Crippen LogP contribution in [0.1, 0.15) is 0 Å². The second kappa shape index (κ2) is 16.8. The van der Waals surface area contributed by atoms with Crippen molar-refractivity contribution in [3.63, 3.8) is 0 Å². The molecule has 0 aromatic rings. The molecule has 0 aromatic carbocycles. The molecule has 2 fully saturated rings. The molecule has 2 aliphatic heterocycles. The number of hydrogen-bond acceptors (Lipinski definition) is 25. The van der Waals surface area contributed by atoms with Crippen LogP contribution in [0.5, 0.6) is 0 Å². The van der Waals surface area contributed by atoms with Crippen LogP contribution < -0.4 is 0 Å². The normalized spacial score (nSPS) is 33.9. The predicted octanol–water partition coefficient (Wildman–Crippen LogP) is -5.40. The highest BCUT2D eigenvalue weighted by atomic mass is 32.3. The van der Waals surface area contributed by atoms with E-state index in [-0.39, 0.29) is 0 Å². The first-order valence-corrected chi connectivity index (χ1v) is 17.8. The Morgan fingerprint density at radius 3 is 1.54 bits per heavy atom. The topological polar surface area (TPSA) is 377 Å². The van der Waals surface area contributed by atoms with E-state index in [1.54, 1.807) is 0 Å². The van der Waals surface area contributed by atoms with Crippen LogP contribution in [0.15, 0.2) is 0 Å². The van der Waals surface area contributed by atoms with Gasteiger partial charge in [-0.05, 0) is 0 Å². The van der Waals surface area contributed by atoms with Gasteiger partial charge in [0, 0.05) is 21.3 Å². The average Bonchev–Trinajstić information content (AvgIpc) is 2.88. The molecular weight excluding hydrogens is 756 g/mol. The molecule has 2 rings (SSSR count). The van der Waals surface area contributed by atoms with E-state index in [0.717, 1.165) is 21.3 Å². The van der Waals surface area contributed by atoms with Gasteiger partial charge >= 0.3 is 10.4 Å². The maximum absolute atomic E-state index is 11.6. The molecule has 26 nitrogen and oxygen atoms in total. The Bertz CT molecular complexity index is 1450. The third kappa shape index (κ3) is 13.3. The molecule has 0 spiro atoms. The van der Waals surface area contributed by atoms with Gasteiger partial charge in [0.25, 0.3) is 0 Å². The van der Waals surface area contributed by atoms with Gasteiger partial charge in [0.15, 0.2) is 24.8 Å². The molecule has 1 N–H and O–H groups in total. The van der Waals surface area contributed by atoms with E-state index in [1.165, 1.54) is 0 Å². The number of hydrogen-bond donors (Lipinski definition) is 1. The van der Waals surface area contributed by atoms with E-state index in [9.17, 15) is 60.6 Å². The Labute approximate surface area is 263 Å². The van der Waals surface area contributed by atoms with Crippen molar-refractivity contribution in [1.29, 1.82) is 0 Å². The minimum Gasteiger partial charge on any atom is -0.748 e. The highest BCUT2D eigenvalue weighted by Gasteiger charge is 2.56. The summed E-state index contributed by atoms with van der Waals surface area (Å²) in [5.74, 6) is 0. The molecule has 11 atom stereocenters. The second-order valence-electron chi connectivity index (χ2n) is 8.50. The minimum absolute atomic E-state index is 0.730. The minimum atomic E-state index is -5.84. The van der Waals surface area contributed by atoms with Crippen molar-refractivity contribution in [2.75, 3.05) is 34.5 Å². The quantitative estimate of drug-likeness (QED) is 0.0446. The first-order valence-electron chi connectivity index (χ1n) is 11.5. The Kier molecular flexibility index (Phi) is 15.1. The summed E-state index contributed by atoms with van der Waals surface area (Å²) in [6.07, 6.45) is -21.0. The highest BCUT2D eigenvalue weighted by molar-refractivity contribution is 7.81. The van der Waals surface area contributed by atoms with Crippen LogP contribution in [0.4, 0.5) is 0 Å². The largest absolute Gasteiger partial charge is 0.748 e. The van der Waals surface area contributed by atoms with Gasteiger partial charge < -0.3 is 46.6 Å². The average molecular weight is 781 g/mol. The Hall–Kier alpha value is -0.730. The summed E-state index contributed by atoms with van der Waals surface area (Å²) in [5.41, 5.74) is 0. The molecule has 2 aliphatic rings. The first kappa shape index (κ1) is 41.4. The summed E-state index contributed by atoms with van der Waals surface area (Å²) < 4.78 is 208. The van der Waals surface area contributed by atoms with Crippen molar-refractivity contribution in [2.24, 2.45) is 0 Å². The third-order valence-corrected chi connectivity index (χ3v) is 7.63. The second-order valence-corrected chi connectivity index (χ2v) is 13.2. The van der Waals surface area contributed by atoms with Crippen LogP contribution in [0, 0.1) is 0 Å². The summed E-state index contributed by atoms with van der Waals surface area (Å²) in [4.78, 5) is 4.72.